The molecule has 2 rings (SSSR count). The largest absolute Gasteiger partial charge is 0.347 e. The Morgan fingerprint density at radius 2 is 2.19 bits per heavy atom. The fraction of sp³-hybridized carbons (Fsp3) is 0.0909. The molecule has 1 aromatic carbocycles. The molecular weight excluding hydrogens is 275 g/mol. The Kier molecular flexibility index (Phi) is 3.14. The molecule has 5 heteroatoms. The Morgan fingerprint density at radius 1 is 1.38 bits per heavy atom. The molecule has 0 saturated heterocycles. The summed E-state index contributed by atoms with van der Waals surface area (Å²) in [6.07, 6.45) is 3.05. The zero-order valence-electron chi connectivity index (χ0n) is 8.23. The minimum atomic E-state index is -0.348. The third-order valence-electron chi connectivity index (χ3n) is 2.16. The predicted octanol–water partition coefficient (Wildman–Crippen LogP) is 2.19. The second-order valence-electron chi connectivity index (χ2n) is 3.24. The van der Waals surface area contributed by atoms with Gasteiger partial charge in [0.2, 0.25) is 0 Å². The Bertz CT molecular complexity index is 568. The maximum absolute atomic E-state index is 13.2. The van der Waals surface area contributed by atoms with Gasteiger partial charge in [0.25, 0.3) is 0 Å². The van der Waals surface area contributed by atoms with Crippen LogP contribution >= 0.6 is 15.9 Å². The van der Waals surface area contributed by atoms with Gasteiger partial charge in [-0.25, -0.2) is 14.2 Å². The molecule has 0 radical (unpaired) electrons. The van der Waals surface area contributed by atoms with E-state index in [0.717, 1.165) is 0 Å². The van der Waals surface area contributed by atoms with Crippen molar-refractivity contribution in [2.45, 2.75) is 6.54 Å². The van der Waals surface area contributed by atoms with Crippen molar-refractivity contribution in [3.8, 4) is 0 Å². The van der Waals surface area contributed by atoms with Crippen LogP contribution in [-0.4, -0.2) is 9.55 Å². The highest BCUT2D eigenvalue weighted by Crippen LogP contribution is 2.20. The smallest absolute Gasteiger partial charge is 0.295 e. The van der Waals surface area contributed by atoms with Gasteiger partial charge in [-0.15, -0.1) is 0 Å². The first-order chi connectivity index (χ1) is 7.68. The molecular formula is C11H8BrFN2O. The fourth-order valence-corrected chi connectivity index (χ4v) is 1.75. The quantitative estimate of drug-likeness (QED) is 0.846. The van der Waals surface area contributed by atoms with Gasteiger partial charge >= 0.3 is 5.69 Å². The first-order valence-corrected chi connectivity index (χ1v) is 5.42. The van der Waals surface area contributed by atoms with E-state index >= 15 is 0 Å². The molecule has 0 saturated carbocycles. The Labute approximate surface area is 99.7 Å². The highest BCUT2D eigenvalue weighted by Gasteiger charge is 2.06. The van der Waals surface area contributed by atoms with Crippen molar-refractivity contribution >= 4 is 15.9 Å². The van der Waals surface area contributed by atoms with Crippen molar-refractivity contribution in [1.29, 1.82) is 0 Å². The first-order valence-electron chi connectivity index (χ1n) is 4.63. The molecule has 0 aliphatic heterocycles. The van der Waals surface area contributed by atoms with E-state index in [9.17, 15) is 9.18 Å². The van der Waals surface area contributed by atoms with Gasteiger partial charge in [-0.05, 0) is 33.6 Å². The minimum Gasteiger partial charge on any atom is -0.295 e. The van der Waals surface area contributed by atoms with Crippen molar-refractivity contribution in [3.63, 3.8) is 0 Å². The maximum Gasteiger partial charge on any atom is 0.347 e. The van der Waals surface area contributed by atoms with Crippen LogP contribution in [0.15, 0.2) is 45.9 Å². The van der Waals surface area contributed by atoms with Crippen molar-refractivity contribution in [2.24, 2.45) is 0 Å². The van der Waals surface area contributed by atoms with Crippen molar-refractivity contribution in [1.82, 2.24) is 9.55 Å². The van der Waals surface area contributed by atoms with Crippen molar-refractivity contribution in [2.75, 3.05) is 0 Å². The SMILES string of the molecule is O=c1ncccn1Cc1cccc(F)c1Br. The monoisotopic (exact) mass is 282 g/mol. The third-order valence-corrected chi connectivity index (χ3v) is 3.04. The summed E-state index contributed by atoms with van der Waals surface area (Å²) >= 11 is 3.15. The van der Waals surface area contributed by atoms with Crippen LogP contribution in [0.25, 0.3) is 0 Å². The number of benzene rings is 1. The van der Waals surface area contributed by atoms with E-state index in [1.54, 1.807) is 24.4 Å². The summed E-state index contributed by atoms with van der Waals surface area (Å²) in [6.45, 7) is 0.297. The van der Waals surface area contributed by atoms with Crippen LogP contribution < -0.4 is 5.69 Å². The number of rotatable bonds is 2. The highest BCUT2D eigenvalue weighted by molar-refractivity contribution is 9.10. The second-order valence-corrected chi connectivity index (χ2v) is 4.04. The van der Waals surface area contributed by atoms with E-state index in [0.29, 0.717) is 16.6 Å². The lowest BCUT2D eigenvalue weighted by atomic mass is 10.2. The number of hydrogen-bond donors (Lipinski definition) is 0. The zero-order chi connectivity index (χ0) is 11.5. The lowest BCUT2D eigenvalue weighted by molar-refractivity contribution is 0.614. The van der Waals surface area contributed by atoms with Crippen LogP contribution in [0.1, 0.15) is 5.56 Å². The summed E-state index contributed by atoms with van der Waals surface area (Å²) in [4.78, 5) is 15.0. The normalized spacial score (nSPS) is 10.4. The molecule has 1 aromatic heterocycles. The van der Waals surface area contributed by atoms with Crippen molar-refractivity contribution in [3.05, 3.63) is 63.0 Å². The first kappa shape index (κ1) is 11.0. The topological polar surface area (TPSA) is 34.9 Å². The predicted molar refractivity (Wildman–Crippen MR) is 61.7 cm³/mol. The zero-order valence-corrected chi connectivity index (χ0v) is 9.82. The van der Waals surface area contributed by atoms with Crippen LogP contribution in [0, 0.1) is 5.82 Å². The minimum absolute atomic E-state index is 0.297. The highest BCUT2D eigenvalue weighted by atomic mass is 79.9. The molecule has 0 aliphatic carbocycles. The van der Waals surface area contributed by atoms with Gasteiger partial charge in [0.15, 0.2) is 0 Å². The van der Waals surface area contributed by atoms with Gasteiger partial charge in [0.1, 0.15) is 5.82 Å². The molecule has 0 N–H and O–H groups in total. The molecule has 2 aromatic rings. The lowest BCUT2D eigenvalue weighted by Gasteiger charge is -2.06. The molecule has 16 heavy (non-hydrogen) atoms. The summed E-state index contributed by atoms with van der Waals surface area (Å²) in [5.74, 6) is -0.338. The Morgan fingerprint density at radius 3 is 2.94 bits per heavy atom. The van der Waals surface area contributed by atoms with E-state index in [-0.39, 0.29) is 11.5 Å². The summed E-state index contributed by atoms with van der Waals surface area (Å²) < 4.78 is 15.0. The van der Waals surface area contributed by atoms with Crippen LogP contribution in [0.5, 0.6) is 0 Å². The standard InChI is InChI=1S/C11H8BrFN2O/c12-10-8(3-1-4-9(10)13)7-15-6-2-5-14-11(15)16/h1-6H,7H2. The van der Waals surface area contributed by atoms with Gasteiger partial charge < -0.3 is 0 Å². The molecule has 1 heterocycles. The molecule has 82 valence electrons. The summed E-state index contributed by atoms with van der Waals surface area (Å²) in [6, 6.07) is 6.39. The maximum atomic E-state index is 13.2. The third kappa shape index (κ3) is 2.19. The van der Waals surface area contributed by atoms with Crippen molar-refractivity contribution < 1.29 is 4.39 Å². The molecule has 0 aliphatic rings. The van der Waals surface area contributed by atoms with Crippen LogP contribution in [-0.2, 0) is 6.54 Å². The average Bonchev–Trinajstić information content (AvgIpc) is 2.28. The van der Waals surface area contributed by atoms with E-state index in [1.807, 2.05) is 0 Å². The molecule has 0 bridgehead atoms. The lowest BCUT2D eigenvalue weighted by Crippen LogP contribution is -2.22. The van der Waals surface area contributed by atoms with E-state index in [2.05, 4.69) is 20.9 Å². The molecule has 0 fully saturated rings. The second kappa shape index (κ2) is 4.57. The molecule has 0 unspecified atom stereocenters. The van der Waals surface area contributed by atoms with Gasteiger partial charge in [-0.2, -0.15) is 0 Å². The van der Waals surface area contributed by atoms with Gasteiger partial charge in [0, 0.05) is 12.4 Å². The summed E-state index contributed by atoms with van der Waals surface area (Å²) in [5, 5.41) is 0. The fourth-order valence-electron chi connectivity index (χ4n) is 1.36. The number of halogens is 2. The molecule has 0 atom stereocenters. The van der Waals surface area contributed by atoms with Gasteiger partial charge in [-0.3, -0.25) is 4.57 Å². The van der Waals surface area contributed by atoms with Gasteiger partial charge in [-0.1, -0.05) is 12.1 Å². The molecule has 0 amide bonds. The van der Waals surface area contributed by atoms with E-state index < -0.39 is 0 Å². The average molecular weight is 283 g/mol. The number of hydrogen-bond acceptors (Lipinski definition) is 2. The van der Waals surface area contributed by atoms with Crippen LogP contribution in [0.2, 0.25) is 0 Å². The van der Waals surface area contributed by atoms with Crippen LogP contribution in [0.4, 0.5) is 4.39 Å². The van der Waals surface area contributed by atoms with E-state index in [1.165, 1.54) is 16.8 Å². The summed E-state index contributed by atoms with van der Waals surface area (Å²) in [7, 11) is 0. The molecule has 3 nitrogen and oxygen atoms in total. The van der Waals surface area contributed by atoms with E-state index in [4.69, 9.17) is 0 Å². The Hall–Kier alpha value is -1.49. The molecule has 0 spiro atoms. The van der Waals surface area contributed by atoms with Crippen LogP contribution in [0.3, 0.4) is 0 Å². The number of aromatic nitrogens is 2. The Balaban J connectivity index is 2.38. The van der Waals surface area contributed by atoms with Gasteiger partial charge in [0.05, 0.1) is 11.0 Å². The number of nitrogens with zero attached hydrogens (tertiary/aromatic N) is 2. The summed E-state index contributed by atoms with van der Waals surface area (Å²) in [5.41, 5.74) is 0.355.